The Morgan fingerprint density at radius 1 is 1.03 bits per heavy atom. The molecule has 170 valence electrons. The van der Waals surface area contributed by atoms with Crippen molar-refractivity contribution in [1.82, 2.24) is 10.2 Å². The first kappa shape index (κ1) is 21.5. The molecule has 3 aromatic carbocycles. The minimum absolute atomic E-state index is 0.143. The van der Waals surface area contributed by atoms with Crippen molar-refractivity contribution in [2.45, 2.75) is 19.9 Å². The molecule has 34 heavy (non-hydrogen) atoms. The van der Waals surface area contributed by atoms with Crippen molar-refractivity contribution in [2.75, 3.05) is 11.5 Å². The Bertz CT molecular complexity index is 1360. The highest BCUT2D eigenvalue weighted by molar-refractivity contribution is 6.12. The van der Waals surface area contributed by atoms with E-state index in [1.54, 1.807) is 60.4 Å². The average molecular weight is 453 g/mol. The summed E-state index contributed by atoms with van der Waals surface area (Å²) in [5.41, 5.74) is 5.80. The number of H-pyrrole nitrogens is 1. The number of aromatic hydroxyl groups is 1. The Hall–Kier alpha value is -4.39. The van der Waals surface area contributed by atoms with Crippen LogP contribution in [-0.2, 0) is 4.74 Å². The average Bonchev–Trinajstić information content (AvgIpc) is 3.39. The molecular formula is C27H23N3O4. The van der Waals surface area contributed by atoms with E-state index >= 15 is 0 Å². The molecule has 2 heterocycles. The van der Waals surface area contributed by atoms with Crippen LogP contribution in [0.2, 0.25) is 0 Å². The van der Waals surface area contributed by atoms with Gasteiger partial charge in [0.1, 0.15) is 11.4 Å². The van der Waals surface area contributed by atoms with Gasteiger partial charge in [-0.15, -0.1) is 0 Å². The van der Waals surface area contributed by atoms with Crippen LogP contribution in [0, 0.1) is 6.92 Å². The van der Waals surface area contributed by atoms with Gasteiger partial charge in [0.2, 0.25) is 0 Å². The molecule has 5 rings (SSSR count). The van der Waals surface area contributed by atoms with Crippen molar-refractivity contribution < 1.29 is 19.4 Å². The summed E-state index contributed by atoms with van der Waals surface area (Å²) < 4.78 is 5.07. The number of fused-ring (bicyclic) bond motifs is 1. The highest BCUT2D eigenvalue weighted by atomic mass is 16.5. The number of aromatic nitrogens is 2. The van der Waals surface area contributed by atoms with Gasteiger partial charge < -0.3 is 9.84 Å². The molecule has 0 unspecified atom stereocenters. The Labute approximate surface area is 196 Å². The van der Waals surface area contributed by atoms with Gasteiger partial charge in [-0.05, 0) is 55.8 Å². The fourth-order valence-electron chi connectivity index (χ4n) is 4.29. The molecule has 0 bridgehead atoms. The fourth-order valence-corrected chi connectivity index (χ4v) is 4.29. The summed E-state index contributed by atoms with van der Waals surface area (Å²) >= 11 is 0. The lowest BCUT2D eigenvalue weighted by molar-refractivity contribution is 0.0526. The monoisotopic (exact) mass is 453 g/mol. The molecule has 0 radical (unpaired) electrons. The van der Waals surface area contributed by atoms with E-state index in [1.165, 1.54) is 0 Å². The third kappa shape index (κ3) is 3.61. The first-order valence-corrected chi connectivity index (χ1v) is 11.0. The van der Waals surface area contributed by atoms with Gasteiger partial charge in [0.05, 0.1) is 23.9 Å². The third-order valence-electron chi connectivity index (χ3n) is 5.96. The smallest absolute Gasteiger partial charge is 0.338 e. The molecule has 0 spiro atoms. The molecule has 1 amide bonds. The minimum atomic E-state index is -0.466. The number of benzene rings is 3. The minimum Gasteiger partial charge on any atom is -0.508 e. The van der Waals surface area contributed by atoms with E-state index < -0.39 is 12.0 Å². The number of phenols is 1. The summed E-state index contributed by atoms with van der Waals surface area (Å²) in [4.78, 5) is 27.3. The molecule has 2 N–H and O–H groups in total. The molecule has 0 saturated heterocycles. The van der Waals surface area contributed by atoms with Crippen LogP contribution in [0.25, 0.3) is 11.3 Å². The van der Waals surface area contributed by atoms with E-state index in [4.69, 9.17) is 4.74 Å². The number of carbonyl (C=O) groups is 2. The summed E-state index contributed by atoms with van der Waals surface area (Å²) in [5.74, 6) is -0.486. The van der Waals surface area contributed by atoms with Gasteiger partial charge in [0.25, 0.3) is 5.91 Å². The largest absolute Gasteiger partial charge is 0.508 e. The second kappa shape index (κ2) is 8.51. The Balaban J connectivity index is 1.63. The molecule has 7 heteroatoms. The van der Waals surface area contributed by atoms with E-state index in [9.17, 15) is 14.7 Å². The van der Waals surface area contributed by atoms with Crippen LogP contribution in [0.5, 0.6) is 5.75 Å². The number of hydrogen-bond acceptors (Lipinski definition) is 5. The quantitative estimate of drug-likeness (QED) is 0.414. The lowest BCUT2D eigenvalue weighted by Crippen LogP contribution is -2.29. The molecule has 0 aliphatic carbocycles. The van der Waals surface area contributed by atoms with Crippen molar-refractivity contribution in [1.29, 1.82) is 0 Å². The summed E-state index contributed by atoms with van der Waals surface area (Å²) in [6, 6.07) is 21.1. The van der Waals surface area contributed by atoms with Crippen LogP contribution in [0.3, 0.4) is 0 Å². The number of carbonyl (C=O) groups excluding carboxylic acids is 2. The summed E-state index contributed by atoms with van der Waals surface area (Å²) in [6.07, 6.45) is 0. The SMILES string of the molecule is CCOC(=O)c1ccc(N2C(=O)c3[nH]nc(-c4ccc(C)cc4)c3[C@H]2c2ccc(O)cc2)cc1. The van der Waals surface area contributed by atoms with Crippen LogP contribution < -0.4 is 4.90 Å². The number of rotatable bonds is 5. The topological polar surface area (TPSA) is 95.5 Å². The summed E-state index contributed by atoms with van der Waals surface area (Å²) in [5, 5.41) is 17.3. The molecule has 0 saturated carbocycles. The summed E-state index contributed by atoms with van der Waals surface area (Å²) in [6.45, 7) is 4.06. The summed E-state index contributed by atoms with van der Waals surface area (Å²) in [7, 11) is 0. The maximum Gasteiger partial charge on any atom is 0.338 e. The number of esters is 1. The van der Waals surface area contributed by atoms with Gasteiger partial charge in [0, 0.05) is 16.8 Å². The zero-order chi connectivity index (χ0) is 23.8. The number of amides is 1. The second-order valence-electron chi connectivity index (χ2n) is 8.16. The van der Waals surface area contributed by atoms with E-state index in [0.29, 0.717) is 22.6 Å². The van der Waals surface area contributed by atoms with Crippen LogP contribution in [0.1, 0.15) is 50.5 Å². The number of aromatic amines is 1. The number of anilines is 1. The van der Waals surface area contributed by atoms with Crippen LogP contribution in [0.4, 0.5) is 5.69 Å². The molecule has 0 fully saturated rings. The Morgan fingerprint density at radius 2 is 1.71 bits per heavy atom. The van der Waals surface area contributed by atoms with E-state index in [-0.39, 0.29) is 18.3 Å². The van der Waals surface area contributed by atoms with Gasteiger partial charge in [-0.1, -0.05) is 42.0 Å². The molecule has 4 aromatic rings. The highest BCUT2D eigenvalue weighted by Crippen LogP contribution is 2.45. The molecular weight excluding hydrogens is 430 g/mol. The molecule has 1 aromatic heterocycles. The van der Waals surface area contributed by atoms with Gasteiger partial charge in [0.15, 0.2) is 0 Å². The van der Waals surface area contributed by atoms with Crippen LogP contribution >= 0.6 is 0 Å². The van der Waals surface area contributed by atoms with Crippen molar-refractivity contribution in [2.24, 2.45) is 0 Å². The van der Waals surface area contributed by atoms with Crippen LogP contribution in [0.15, 0.2) is 72.8 Å². The second-order valence-corrected chi connectivity index (χ2v) is 8.16. The number of ether oxygens (including phenoxy) is 1. The van der Waals surface area contributed by atoms with Crippen molar-refractivity contribution >= 4 is 17.6 Å². The highest BCUT2D eigenvalue weighted by Gasteiger charge is 2.43. The lowest BCUT2D eigenvalue weighted by Gasteiger charge is -2.26. The van der Waals surface area contributed by atoms with E-state index in [2.05, 4.69) is 10.2 Å². The van der Waals surface area contributed by atoms with E-state index in [0.717, 1.165) is 22.3 Å². The Morgan fingerprint density at radius 3 is 2.35 bits per heavy atom. The molecule has 1 aliphatic rings. The predicted octanol–water partition coefficient (Wildman–Crippen LogP) is 5.02. The zero-order valence-corrected chi connectivity index (χ0v) is 18.8. The normalized spacial score (nSPS) is 14.8. The number of phenolic OH excluding ortho intramolecular Hbond substituents is 1. The van der Waals surface area contributed by atoms with Gasteiger partial charge in [-0.25, -0.2) is 4.79 Å². The Kier molecular flexibility index (Phi) is 5.37. The first-order valence-electron chi connectivity index (χ1n) is 11.0. The van der Waals surface area contributed by atoms with E-state index in [1.807, 2.05) is 31.2 Å². The van der Waals surface area contributed by atoms with Crippen molar-refractivity contribution in [3.63, 3.8) is 0 Å². The van der Waals surface area contributed by atoms with Crippen molar-refractivity contribution in [3.05, 3.63) is 101 Å². The fraction of sp³-hybridized carbons (Fsp3) is 0.148. The number of hydrogen-bond donors (Lipinski definition) is 2. The lowest BCUT2D eigenvalue weighted by atomic mass is 9.95. The standard InChI is InChI=1S/C27H23N3O4/c1-3-34-27(33)19-8-12-20(13-9-19)30-25(18-10-14-21(31)15-11-18)22-23(28-29-24(22)26(30)32)17-6-4-16(2)5-7-17/h4-15,25,31H,3H2,1-2H3,(H,28,29)/t25-/m1/s1. The number of nitrogens with zero attached hydrogens (tertiary/aromatic N) is 2. The van der Waals surface area contributed by atoms with Gasteiger partial charge in [-0.3, -0.25) is 14.8 Å². The zero-order valence-electron chi connectivity index (χ0n) is 18.8. The third-order valence-corrected chi connectivity index (χ3v) is 5.96. The molecule has 1 aliphatic heterocycles. The predicted molar refractivity (Wildman–Crippen MR) is 128 cm³/mol. The van der Waals surface area contributed by atoms with Gasteiger partial charge >= 0.3 is 5.97 Å². The number of nitrogens with one attached hydrogen (secondary N) is 1. The molecule has 7 nitrogen and oxygen atoms in total. The van der Waals surface area contributed by atoms with Crippen LogP contribution in [-0.4, -0.2) is 33.8 Å². The van der Waals surface area contributed by atoms with Gasteiger partial charge in [-0.2, -0.15) is 5.10 Å². The maximum absolute atomic E-state index is 13.6. The van der Waals surface area contributed by atoms with Crippen molar-refractivity contribution in [3.8, 4) is 17.0 Å². The number of aryl methyl sites for hydroxylation is 1. The first-order chi connectivity index (χ1) is 16.5. The maximum atomic E-state index is 13.6. The molecule has 1 atom stereocenters.